The molecular formula is C7H17NO3. The molecule has 0 aliphatic carbocycles. The zero-order chi connectivity index (χ0) is 9.07. The number of hydrogen-bond donors (Lipinski definition) is 1. The Morgan fingerprint density at radius 1 is 1.36 bits per heavy atom. The predicted molar refractivity (Wildman–Crippen MR) is 41.9 cm³/mol. The Kier molecular flexibility index (Phi) is 3.96. The van der Waals surface area contributed by atoms with Crippen LogP contribution in [0.25, 0.3) is 0 Å². The third kappa shape index (κ3) is 2.41. The van der Waals surface area contributed by atoms with Gasteiger partial charge in [0, 0.05) is 21.1 Å². The van der Waals surface area contributed by atoms with Crippen LogP contribution in [-0.4, -0.2) is 43.4 Å². The number of rotatable bonds is 4. The average Bonchev–Trinajstić information content (AvgIpc) is 2.01. The van der Waals surface area contributed by atoms with Crippen LogP contribution in [0.2, 0.25) is 0 Å². The van der Waals surface area contributed by atoms with Gasteiger partial charge in [0.25, 0.3) is 0 Å². The highest BCUT2D eigenvalue weighted by Crippen LogP contribution is 2.15. The van der Waals surface area contributed by atoms with Gasteiger partial charge in [0.1, 0.15) is 6.23 Å². The van der Waals surface area contributed by atoms with Gasteiger partial charge in [-0.2, -0.15) is 0 Å². The summed E-state index contributed by atoms with van der Waals surface area (Å²) in [5, 5.41) is 9.18. The lowest BCUT2D eigenvalue weighted by Crippen LogP contribution is -2.51. The number of nitrogens with zero attached hydrogens (tertiary/aromatic N) is 1. The van der Waals surface area contributed by atoms with E-state index in [0.717, 1.165) is 0 Å². The molecule has 0 rings (SSSR count). The van der Waals surface area contributed by atoms with Crippen LogP contribution in [-0.2, 0) is 9.47 Å². The summed E-state index contributed by atoms with van der Waals surface area (Å²) in [6.45, 7) is 3.38. The smallest absolute Gasteiger partial charge is 0.228 e. The minimum absolute atomic E-state index is 0.597. The lowest BCUT2D eigenvalue weighted by atomic mass is 10.4. The summed E-state index contributed by atoms with van der Waals surface area (Å²) in [7, 11) is 4.78. The van der Waals surface area contributed by atoms with E-state index < -0.39 is 12.1 Å². The maximum Gasteiger partial charge on any atom is 0.228 e. The number of ether oxygens (including phenoxy) is 2. The van der Waals surface area contributed by atoms with Crippen LogP contribution in [0.15, 0.2) is 0 Å². The number of methoxy groups -OCH3 is 2. The second-order valence-electron chi connectivity index (χ2n) is 2.55. The molecule has 0 fully saturated rings. The molecule has 0 spiro atoms. The molecule has 68 valence electrons. The van der Waals surface area contributed by atoms with Gasteiger partial charge >= 0.3 is 0 Å². The van der Waals surface area contributed by atoms with E-state index in [0.29, 0.717) is 0 Å². The minimum atomic E-state index is -0.853. The topological polar surface area (TPSA) is 41.9 Å². The van der Waals surface area contributed by atoms with Gasteiger partial charge in [0.15, 0.2) is 0 Å². The van der Waals surface area contributed by atoms with Crippen LogP contribution in [0, 0.1) is 0 Å². The molecule has 1 unspecified atom stereocenters. The predicted octanol–water partition coefficient (Wildman–Crippen LogP) is 0.223. The van der Waals surface area contributed by atoms with Crippen molar-refractivity contribution in [1.82, 2.24) is 4.90 Å². The van der Waals surface area contributed by atoms with Crippen LogP contribution in [0.3, 0.4) is 0 Å². The van der Waals surface area contributed by atoms with Crippen molar-refractivity contribution in [2.24, 2.45) is 0 Å². The zero-order valence-corrected chi connectivity index (χ0v) is 7.79. The standard InChI is InChI=1S/C7H17NO3/c1-6(9)8(3)7(2,10-4)11-5/h6,9H,1-5H3. The first kappa shape index (κ1) is 10.8. The van der Waals surface area contributed by atoms with Crippen LogP contribution >= 0.6 is 0 Å². The average molecular weight is 163 g/mol. The largest absolute Gasteiger partial charge is 0.379 e. The van der Waals surface area contributed by atoms with Crippen LogP contribution in [0.4, 0.5) is 0 Å². The van der Waals surface area contributed by atoms with Crippen LogP contribution in [0.1, 0.15) is 13.8 Å². The summed E-state index contributed by atoms with van der Waals surface area (Å²) in [6.07, 6.45) is -0.597. The third-order valence-corrected chi connectivity index (χ3v) is 1.96. The third-order valence-electron chi connectivity index (χ3n) is 1.96. The van der Waals surface area contributed by atoms with E-state index in [4.69, 9.17) is 9.47 Å². The van der Waals surface area contributed by atoms with E-state index in [-0.39, 0.29) is 0 Å². The van der Waals surface area contributed by atoms with Gasteiger partial charge in [0.05, 0.1) is 0 Å². The Balaban J connectivity index is 4.24. The van der Waals surface area contributed by atoms with Crippen molar-refractivity contribution in [3.05, 3.63) is 0 Å². The van der Waals surface area contributed by atoms with E-state index >= 15 is 0 Å². The number of aliphatic hydroxyl groups is 1. The Morgan fingerprint density at radius 3 is 1.82 bits per heavy atom. The fourth-order valence-corrected chi connectivity index (χ4v) is 0.711. The maximum atomic E-state index is 9.18. The molecule has 0 heterocycles. The summed E-state index contributed by atoms with van der Waals surface area (Å²) >= 11 is 0. The van der Waals surface area contributed by atoms with Crippen molar-refractivity contribution in [3.8, 4) is 0 Å². The Hall–Kier alpha value is -0.160. The molecule has 0 saturated carbocycles. The van der Waals surface area contributed by atoms with Crippen molar-refractivity contribution in [3.63, 3.8) is 0 Å². The molecule has 0 aliphatic heterocycles. The molecular weight excluding hydrogens is 146 g/mol. The molecule has 0 radical (unpaired) electrons. The van der Waals surface area contributed by atoms with Gasteiger partial charge in [-0.25, -0.2) is 4.90 Å². The van der Waals surface area contributed by atoms with Crippen LogP contribution in [0.5, 0.6) is 0 Å². The summed E-state index contributed by atoms with van der Waals surface area (Å²) in [5.41, 5.74) is 0. The van der Waals surface area contributed by atoms with E-state index in [1.807, 2.05) is 0 Å². The normalized spacial score (nSPS) is 15.5. The minimum Gasteiger partial charge on any atom is -0.379 e. The second-order valence-corrected chi connectivity index (χ2v) is 2.55. The van der Waals surface area contributed by atoms with E-state index in [1.54, 1.807) is 25.8 Å². The fraction of sp³-hybridized carbons (Fsp3) is 1.00. The monoisotopic (exact) mass is 163 g/mol. The first-order valence-electron chi connectivity index (χ1n) is 3.49. The first-order chi connectivity index (χ1) is 4.98. The number of aliphatic hydroxyl groups excluding tert-OH is 1. The van der Waals surface area contributed by atoms with Gasteiger partial charge in [-0.3, -0.25) is 0 Å². The zero-order valence-electron chi connectivity index (χ0n) is 7.79. The Bertz CT molecular complexity index is 112. The van der Waals surface area contributed by atoms with Crippen molar-refractivity contribution < 1.29 is 14.6 Å². The Morgan fingerprint density at radius 2 is 1.73 bits per heavy atom. The Labute approximate surface area is 67.7 Å². The molecule has 0 bridgehead atoms. The lowest BCUT2D eigenvalue weighted by Gasteiger charge is -2.37. The molecule has 0 aliphatic rings. The van der Waals surface area contributed by atoms with Gasteiger partial charge in [0.2, 0.25) is 5.91 Å². The maximum absolute atomic E-state index is 9.18. The molecule has 0 amide bonds. The van der Waals surface area contributed by atoms with Gasteiger partial charge in [-0.15, -0.1) is 0 Å². The van der Waals surface area contributed by atoms with Gasteiger partial charge in [-0.1, -0.05) is 0 Å². The fourth-order valence-electron chi connectivity index (χ4n) is 0.711. The van der Waals surface area contributed by atoms with Crippen LogP contribution < -0.4 is 0 Å². The van der Waals surface area contributed by atoms with Crippen molar-refractivity contribution in [2.45, 2.75) is 26.0 Å². The van der Waals surface area contributed by atoms with Crippen molar-refractivity contribution in [1.29, 1.82) is 0 Å². The van der Waals surface area contributed by atoms with E-state index in [9.17, 15) is 5.11 Å². The van der Waals surface area contributed by atoms with E-state index in [1.165, 1.54) is 14.2 Å². The molecule has 4 heteroatoms. The van der Waals surface area contributed by atoms with Crippen molar-refractivity contribution >= 4 is 0 Å². The summed E-state index contributed by atoms with van der Waals surface area (Å²) < 4.78 is 10.1. The summed E-state index contributed by atoms with van der Waals surface area (Å²) in [4.78, 5) is 1.58. The molecule has 0 saturated heterocycles. The molecule has 1 atom stereocenters. The molecule has 0 aromatic heterocycles. The molecule has 1 N–H and O–H groups in total. The molecule has 0 aromatic rings. The summed E-state index contributed by atoms with van der Waals surface area (Å²) in [5.74, 6) is -0.853. The highest BCUT2D eigenvalue weighted by atomic mass is 16.7. The molecule has 0 aromatic carbocycles. The van der Waals surface area contributed by atoms with E-state index in [2.05, 4.69) is 0 Å². The second kappa shape index (κ2) is 4.01. The van der Waals surface area contributed by atoms with Gasteiger partial charge in [-0.05, 0) is 14.0 Å². The molecule has 4 nitrogen and oxygen atoms in total. The number of hydrogen-bond acceptors (Lipinski definition) is 4. The lowest BCUT2D eigenvalue weighted by molar-refractivity contribution is -0.302. The summed E-state index contributed by atoms with van der Waals surface area (Å²) in [6, 6.07) is 0. The quantitative estimate of drug-likeness (QED) is 0.602. The highest BCUT2D eigenvalue weighted by molar-refractivity contribution is 4.62. The highest BCUT2D eigenvalue weighted by Gasteiger charge is 2.31. The van der Waals surface area contributed by atoms with Gasteiger partial charge < -0.3 is 14.6 Å². The first-order valence-corrected chi connectivity index (χ1v) is 3.49. The van der Waals surface area contributed by atoms with Crippen molar-refractivity contribution in [2.75, 3.05) is 21.3 Å². The SMILES string of the molecule is COC(C)(OC)N(C)C(C)O. The molecule has 11 heavy (non-hydrogen) atoms.